The van der Waals surface area contributed by atoms with Crippen LogP contribution < -0.4 is 9.16 Å². The van der Waals surface area contributed by atoms with Gasteiger partial charge in [0.05, 0.1) is 23.3 Å². The number of fused-ring (bicyclic) bond motifs is 1. The number of ether oxygens (including phenoxy) is 1. The minimum absolute atomic E-state index is 0.301. The molecule has 0 saturated heterocycles. The normalized spacial score (nSPS) is 10.5. The van der Waals surface area contributed by atoms with Crippen molar-refractivity contribution < 1.29 is 9.16 Å². The number of methoxy groups -OCH3 is 1. The average molecular weight is 206 g/mol. The number of rotatable bonds is 1. The number of hydrogen-bond acceptors (Lipinski definition) is 3. The van der Waals surface area contributed by atoms with Gasteiger partial charge in [-0.1, -0.05) is 0 Å². The van der Waals surface area contributed by atoms with Crippen LogP contribution in [-0.2, 0) is 0 Å². The van der Waals surface area contributed by atoms with Gasteiger partial charge in [0.25, 0.3) is 5.52 Å². The van der Waals surface area contributed by atoms with E-state index in [9.17, 15) is 10.1 Å². The van der Waals surface area contributed by atoms with Crippen molar-refractivity contribution in [2.75, 3.05) is 7.11 Å². The van der Waals surface area contributed by atoms with Crippen LogP contribution in [0.5, 0.6) is 5.75 Å². The maximum Gasteiger partial charge on any atom is 0.289 e. The highest BCUT2D eigenvalue weighted by molar-refractivity contribution is 5.73. The second-order valence-corrected chi connectivity index (χ2v) is 3.25. The minimum Gasteiger partial charge on any atom is -0.805 e. The van der Waals surface area contributed by atoms with E-state index in [0.717, 1.165) is 4.73 Å². The molecule has 0 unspecified atom stereocenters. The van der Waals surface area contributed by atoms with E-state index in [4.69, 9.17) is 4.74 Å². The predicted octanol–water partition coefficient (Wildman–Crippen LogP) is 1.22. The monoisotopic (exact) mass is 206 g/mol. The molecule has 1 aromatic carbocycles. The summed E-state index contributed by atoms with van der Waals surface area (Å²) < 4.78 is 6.38. The van der Waals surface area contributed by atoms with E-state index < -0.39 is 0 Å². The zero-order valence-corrected chi connectivity index (χ0v) is 8.43. The molecule has 0 aliphatic carbocycles. The average Bonchev–Trinajstić information content (AvgIpc) is 2.25. The lowest BCUT2D eigenvalue weighted by atomic mass is 10.2. The molecule has 78 valence electrons. The first-order chi connectivity index (χ1) is 7.13. The molecule has 5 heteroatoms. The van der Waals surface area contributed by atoms with Gasteiger partial charge in [-0.25, -0.2) is 0 Å². The lowest BCUT2D eigenvalue weighted by Crippen LogP contribution is -2.18. The molecule has 15 heavy (non-hydrogen) atoms. The van der Waals surface area contributed by atoms with Gasteiger partial charge in [-0.3, -0.25) is 0 Å². The van der Waals surface area contributed by atoms with Crippen molar-refractivity contribution >= 4 is 11.0 Å². The van der Waals surface area contributed by atoms with Gasteiger partial charge in [0.2, 0.25) is 6.20 Å². The van der Waals surface area contributed by atoms with Gasteiger partial charge in [0.15, 0.2) is 0 Å². The van der Waals surface area contributed by atoms with Gasteiger partial charge in [0.1, 0.15) is 11.3 Å². The Labute approximate surface area is 85.7 Å². The van der Waals surface area contributed by atoms with Crippen LogP contribution >= 0.6 is 0 Å². The van der Waals surface area contributed by atoms with Crippen LogP contribution in [0.2, 0.25) is 0 Å². The predicted molar refractivity (Wildman–Crippen MR) is 55.4 cm³/mol. The lowest BCUT2D eigenvalue weighted by molar-refractivity contribution is -0.465. The molecule has 0 saturated carbocycles. The van der Waals surface area contributed by atoms with Crippen molar-refractivity contribution in [2.45, 2.75) is 6.92 Å². The van der Waals surface area contributed by atoms with Crippen molar-refractivity contribution in [1.29, 1.82) is 0 Å². The first-order valence-electron chi connectivity index (χ1n) is 4.43. The van der Waals surface area contributed by atoms with Crippen molar-refractivity contribution in [3.63, 3.8) is 0 Å². The van der Waals surface area contributed by atoms with Crippen LogP contribution in [0.25, 0.3) is 11.0 Å². The summed E-state index contributed by atoms with van der Waals surface area (Å²) in [7, 11) is 1.51. The fourth-order valence-corrected chi connectivity index (χ4v) is 1.46. The standard InChI is InChI=1S/C10H10N2O3/c1-7-6-11(13)10-5-8(15-2)3-4-9(10)12(7)14/h3-6H,1-2H3. The molecule has 0 spiro atoms. The Morgan fingerprint density at radius 3 is 2.87 bits per heavy atom. The Bertz CT molecular complexity index is 575. The molecule has 2 rings (SSSR count). The topological polar surface area (TPSA) is 60.2 Å². The summed E-state index contributed by atoms with van der Waals surface area (Å²) >= 11 is 0. The summed E-state index contributed by atoms with van der Waals surface area (Å²) in [6.07, 6.45) is 1.24. The number of aromatic nitrogens is 2. The maximum absolute atomic E-state index is 11.6. The molecular formula is C10H10N2O3. The molecule has 0 aliphatic heterocycles. The van der Waals surface area contributed by atoms with E-state index in [-0.39, 0.29) is 0 Å². The summed E-state index contributed by atoms with van der Waals surface area (Å²) in [5.74, 6) is 0.552. The third-order valence-electron chi connectivity index (χ3n) is 2.26. The molecule has 1 heterocycles. The van der Waals surface area contributed by atoms with Crippen molar-refractivity contribution in [3.8, 4) is 5.75 Å². The second-order valence-electron chi connectivity index (χ2n) is 3.25. The Hall–Kier alpha value is -2.04. The Morgan fingerprint density at radius 2 is 2.20 bits per heavy atom. The summed E-state index contributed by atoms with van der Waals surface area (Å²) in [6, 6.07) is 4.76. The highest BCUT2D eigenvalue weighted by Crippen LogP contribution is 2.17. The summed E-state index contributed by atoms with van der Waals surface area (Å²) in [5, 5.41) is 11.6. The first kappa shape index (κ1) is 9.51. The van der Waals surface area contributed by atoms with E-state index in [1.165, 1.54) is 19.4 Å². The Balaban J connectivity index is 2.90. The number of aryl methyl sites for hydroxylation is 1. The molecule has 5 nitrogen and oxygen atoms in total. The van der Waals surface area contributed by atoms with E-state index in [1.54, 1.807) is 19.1 Å². The Kier molecular flexibility index (Phi) is 2.07. The largest absolute Gasteiger partial charge is 0.805 e. The lowest BCUT2D eigenvalue weighted by Gasteiger charge is -2.13. The van der Waals surface area contributed by atoms with Gasteiger partial charge in [-0.15, -0.1) is 0 Å². The first-order valence-corrected chi connectivity index (χ1v) is 4.43. The zero-order valence-electron chi connectivity index (χ0n) is 8.43. The second kappa shape index (κ2) is 3.27. The molecule has 0 radical (unpaired) electrons. The SMILES string of the molecule is COc1ccc2c(c1)[n+](=O)cc(C)n2[O-]. The van der Waals surface area contributed by atoms with Gasteiger partial charge >= 0.3 is 0 Å². The van der Waals surface area contributed by atoms with Gasteiger partial charge < -0.3 is 14.7 Å². The molecule has 0 atom stereocenters. The van der Waals surface area contributed by atoms with E-state index in [2.05, 4.69) is 0 Å². The highest BCUT2D eigenvalue weighted by atomic mass is 16.5. The molecule has 0 bridgehead atoms. The quantitative estimate of drug-likeness (QED) is 0.659. The molecule has 0 fully saturated rings. The van der Waals surface area contributed by atoms with Crippen LogP contribution in [0.1, 0.15) is 5.69 Å². The van der Waals surface area contributed by atoms with E-state index >= 15 is 0 Å². The third kappa shape index (κ3) is 1.41. The van der Waals surface area contributed by atoms with Crippen LogP contribution in [-0.4, -0.2) is 11.8 Å². The minimum atomic E-state index is 0.301. The molecule has 2 aromatic rings. The van der Waals surface area contributed by atoms with Gasteiger partial charge in [-0.2, -0.15) is 0 Å². The molecule has 0 N–H and O–H groups in total. The molecular weight excluding hydrogens is 196 g/mol. The van der Waals surface area contributed by atoms with Crippen molar-refractivity contribution in [3.05, 3.63) is 40.2 Å². The van der Waals surface area contributed by atoms with Crippen LogP contribution in [0.4, 0.5) is 0 Å². The van der Waals surface area contributed by atoms with Crippen LogP contribution in [0.3, 0.4) is 0 Å². The smallest absolute Gasteiger partial charge is 0.289 e. The number of nitrogens with zero attached hydrogens (tertiary/aromatic N) is 2. The summed E-state index contributed by atoms with van der Waals surface area (Å²) in [5.41, 5.74) is 1.00. The molecule has 1 aromatic heterocycles. The third-order valence-corrected chi connectivity index (χ3v) is 2.26. The molecule has 0 amide bonds. The fourth-order valence-electron chi connectivity index (χ4n) is 1.46. The summed E-state index contributed by atoms with van der Waals surface area (Å²) in [4.78, 5) is 11.5. The van der Waals surface area contributed by atoms with Crippen molar-refractivity contribution in [1.82, 2.24) is 4.73 Å². The van der Waals surface area contributed by atoms with E-state index in [0.29, 0.717) is 26.9 Å². The number of benzene rings is 1. The van der Waals surface area contributed by atoms with Gasteiger partial charge in [0, 0.05) is 4.91 Å². The maximum atomic E-state index is 11.6. The zero-order chi connectivity index (χ0) is 11.0. The number of hydrogen-bond donors (Lipinski definition) is 0. The van der Waals surface area contributed by atoms with E-state index in [1.807, 2.05) is 0 Å². The van der Waals surface area contributed by atoms with Crippen LogP contribution in [0, 0.1) is 17.0 Å². The Morgan fingerprint density at radius 1 is 1.47 bits per heavy atom. The van der Waals surface area contributed by atoms with Crippen molar-refractivity contribution in [2.24, 2.45) is 0 Å². The van der Waals surface area contributed by atoms with Crippen LogP contribution in [0.15, 0.2) is 24.4 Å². The highest BCUT2D eigenvalue weighted by Gasteiger charge is 2.10. The molecule has 0 aliphatic rings. The summed E-state index contributed by atoms with van der Waals surface area (Å²) in [6.45, 7) is 1.59. The van der Waals surface area contributed by atoms with Gasteiger partial charge in [-0.05, 0) is 19.1 Å². The fraction of sp³-hybridized carbons (Fsp3) is 0.200.